The predicted molar refractivity (Wildman–Crippen MR) is 77.6 cm³/mol. The van der Waals surface area contributed by atoms with E-state index in [1.807, 2.05) is 30.3 Å². The largest absolute Gasteiger partial charge is 0.489 e. The minimum absolute atomic E-state index is 0.0391. The highest BCUT2D eigenvalue weighted by atomic mass is 35.5. The molecule has 5 heteroatoms. The molecule has 3 nitrogen and oxygen atoms in total. The Bertz CT molecular complexity index is 639. The van der Waals surface area contributed by atoms with Crippen molar-refractivity contribution >= 4 is 33.7 Å². The van der Waals surface area contributed by atoms with E-state index in [-0.39, 0.29) is 11.1 Å². The molecule has 0 aliphatic rings. The van der Waals surface area contributed by atoms with Crippen LogP contribution in [-0.2, 0) is 6.61 Å². The van der Waals surface area contributed by atoms with Crippen molar-refractivity contribution in [3.63, 3.8) is 0 Å². The molecule has 20 heavy (non-hydrogen) atoms. The predicted octanol–water partition coefficient (Wildman–Crippen LogP) is 4.02. The Balaban J connectivity index is 2.19. The lowest BCUT2D eigenvalue weighted by Crippen LogP contribution is -2.02. The zero-order valence-corrected chi connectivity index (χ0v) is 11.8. The zero-order chi connectivity index (χ0) is 14.5. The van der Waals surface area contributed by atoms with Crippen molar-refractivity contribution in [1.82, 2.24) is 0 Å². The average molecular weight is 309 g/mol. The Labute approximate surface area is 126 Å². The van der Waals surface area contributed by atoms with Gasteiger partial charge in [-0.25, -0.2) is 0 Å². The summed E-state index contributed by atoms with van der Waals surface area (Å²) in [6, 6.07) is 14.0. The second-order valence-electron chi connectivity index (χ2n) is 4.03. The highest BCUT2D eigenvalue weighted by Gasteiger charge is 2.15. The Hall–Kier alpha value is -1.84. The average Bonchev–Trinajstić information content (AvgIpc) is 2.45. The Morgan fingerprint density at radius 3 is 2.15 bits per heavy atom. The molecule has 0 unspecified atom stereocenters. The summed E-state index contributed by atoms with van der Waals surface area (Å²) in [6.45, 7) is 0.352. The third-order valence-electron chi connectivity index (χ3n) is 2.66. The van der Waals surface area contributed by atoms with Gasteiger partial charge in [-0.05, 0) is 47.0 Å². The number of carbonyl (C=O) groups excluding carboxylic acids is 2. The number of benzene rings is 2. The number of halogens is 2. The van der Waals surface area contributed by atoms with Crippen LogP contribution in [0.25, 0.3) is 0 Å². The van der Waals surface area contributed by atoms with Crippen molar-refractivity contribution in [2.24, 2.45) is 0 Å². The van der Waals surface area contributed by atoms with Crippen molar-refractivity contribution < 1.29 is 14.3 Å². The lowest BCUT2D eigenvalue weighted by molar-refractivity contribution is 0.105. The molecule has 0 aromatic heterocycles. The van der Waals surface area contributed by atoms with Crippen LogP contribution in [0.2, 0.25) is 0 Å². The third kappa shape index (κ3) is 3.59. The van der Waals surface area contributed by atoms with E-state index >= 15 is 0 Å². The fourth-order valence-corrected chi connectivity index (χ4v) is 2.01. The summed E-state index contributed by atoms with van der Waals surface area (Å²) in [5.74, 6) is 0.444. The molecule has 0 radical (unpaired) electrons. The van der Waals surface area contributed by atoms with E-state index in [9.17, 15) is 9.59 Å². The molecule has 0 spiro atoms. The molecule has 0 amide bonds. The van der Waals surface area contributed by atoms with E-state index in [4.69, 9.17) is 27.9 Å². The molecule has 0 bridgehead atoms. The molecule has 0 atom stereocenters. The number of carbonyl (C=O) groups is 2. The Morgan fingerprint density at radius 1 is 0.900 bits per heavy atom. The summed E-state index contributed by atoms with van der Waals surface area (Å²) in [6.07, 6.45) is 0. The van der Waals surface area contributed by atoms with Crippen LogP contribution in [-0.4, -0.2) is 10.5 Å². The second kappa shape index (κ2) is 6.55. The molecular weight excluding hydrogens is 299 g/mol. The van der Waals surface area contributed by atoms with Gasteiger partial charge in [-0.15, -0.1) is 0 Å². The molecule has 102 valence electrons. The first kappa shape index (κ1) is 14.6. The van der Waals surface area contributed by atoms with Gasteiger partial charge in [0.2, 0.25) is 0 Å². The van der Waals surface area contributed by atoms with Gasteiger partial charge in [0.25, 0.3) is 10.5 Å². The maximum Gasteiger partial charge on any atom is 0.253 e. The normalized spacial score (nSPS) is 10.1. The molecule has 0 saturated carbocycles. The van der Waals surface area contributed by atoms with Gasteiger partial charge in [0.1, 0.15) is 12.4 Å². The third-order valence-corrected chi connectivity index (χ3v) is 3.07. The lowest BCUT2D eigenvalue weighted by Gasteiger charge is -2.08. The van der Waals surface area contributed by atoms with E-state index in [1.165, 1.54) is 12.1 Å². The van der Waals surface area contributed by atoms with Crippen LogP contribution in [0.1, 0.15) is 26.3 Å². The summed E-state index contributed by atoms with van der Waals surface area (Å²) in [5.41, 5.74) is 1.10. The molecule has 0 heterocycles. The first-order valence-corrected chi connectivity index (χ1v) is 6.54. The van der Waals surface area contributed by atoms with E-state index in [1.54, 1.807) is 6.07 Å². The van der Waals surface area contributed by atoms with Crippen LogP contribution in [0, 0.1) is 0 Å². The standard InChI is InChI=1S/C15H10Cl2O3/c16-14(18)12-7-6-11(8-13(12)15(17)19)20-9-10-4-2-1-3-5-10/h1-8H,9H2. The van der Waals surface area contributed by atoms with Crippen molar-refractivity contribution in [3.05, 3.63) is 65.2 Å². The lowest BCUT2D eigenvalue weighted by atomic mass is 10.1. The minimum atomic E-state index is -0.751. The van der Waals surface area contributed by atoms with Crippen LogP contribution in [0.15, 0.2) is 48.5 Å². The van der Waals surface area contributed by atoms with Crippen LogP contribution in [0.5, 0.6) is 5.75 Å². The summed E-state index contributed by atoms with van der Waals surface area (Å²) >= 11 is 10.8. The molecule has 2 aromatic rings. The summed E-state index contributed by atoms with van der Waals surface area (Å²) in [4.78, 5) is 22.5. The highest BCUT2D eigenvalue weighted by Crippen LogP contribution is 2.22. The van der Waals surface area contributed by atoms with E-state index in [0.29, 0.717) is 12.4 Å². The first-order chi connectivity index (χ1) is 9.58. The number of hydrogen-bond donors (Lipinski definition) is 0. The van der Waals surface area contributed by atoms with Crippen molar-refractivity contribution in [2.45, 2.75) is 6.61 Å². The molecule has 2 rings (SSSR count). The minimum Gasteiger partial charge on any atom is -0.489 e. The number of rotatable bonds is 5. The van der Waals surface area contributed by atoms with Crippen molar-refractivity contribution in [2.75, 3.05) is 0 Å². The fraction of sp³-hybridized carbons (Fsp3) is 0.0667. The molecule has 2 aromatic carbocycles. The quantitative estimate of drug-likeness (QED) is 0.783. The van der Waals surface area contributed by atoms with Crippen molar-refractivity contribution in [1.29, 1.82) is 0 Å². The molecular formula is C15H10Cl2O3. The molecule has 0 fully saturated rings. The monoisotopic (exact) mass is 308 g/mol. The second-order valence-corrected chi connectivity index (χ2v) is 4.72. The zero-order valence-electron chi connectivity index (χ0n) is 10.3. The molecule has 0 saturated heterocycles. The summed E-state index contributed by atoms with van der Waals surface area (Å²) < 4.78 is 5.55. The fourth-order valence-electron chi connectivity index (χ4n) is 1.69. The van der Waals surface area contributed by atoms with E-state index in [0.717, 1.165) is 5.56 Å². The van der Waals surface area contributed by atoms with Crippen LogP contribution in [0.3, 0.4) is 0 Å². The number of hydrogen-bond acceptors (Lipinski definition) is 3. The molecule has 0 N–H and O–H groups in total. The molecule has 0 aliphatic carbocycles. The van der Waals surface area contributed by atoms with Gasteiger partial charge in [-0.1, -0.05) is 30.3 Å². The SMILES string of the molecule is O=C(Cl)c1ccc(OCc2ccccc2)cc1C(=O)Cl. The summed E-state index contributed by atoms with van der Waals surface area (Å²) in [5, 5.41) is -1.48. The van der Waals surface area contributed by atoms with Gasteiger partial charge in [0, 0.05) is 11.1 Å². The topological polar surface area (TPSA) is 43.4 Å². The van der Waals surface area contributed by atoms with Crippen LogP contribution in [0.4, 0.5) is 0 Å². The molecule has 0 aliphatic heterocycles. The van der Waals surface area contributed by atoms with Gasteiger partial charge in [-0.3, -0.25) is 9.59 Å². The smallest absolute Gasteiger partial charge is 0.253 e. The van der Waals surface area contributed by atoms with Crippen molar-refractivity contribution in [3.8, 4) is 5.75 Å². The van der Waals surface area contributed by atoms with Gasteiger partial charge >= 0.3 is 0 Å². The summed E-state index contributed by atoms with van der Waals surface area (Å²) in [7, 11) is 0. The van der Waals surface area contributed by atoms with E-state index < -0.39 is 10.5 Å². The van der Waals surface area contributed by atoms with E-state index in [2.05, 4.69) is 0 Å². The maximum absolute atomic E-state index is 11.3. The van der Waals surface area contributed by atoms with Gasteiger partial charge in [0.05, 0.1) is 0 Å². The first-order valence-electron chi connectivity index (χ1n) is 5.78. The Morgan fingerprint density at radius 2 is 1.55 bits per heavy atom. The number of ether oxygens (including phenoxy) is 1. The van der Waals surface area contributed by atoms with Crippen LogP contribution < -0.4 is 4.74 Å². The van der Waals surface area contributed by atoms with Gasteiger partial charge < -0.3 is 4.74 Å². The van der Waals surface area contributed by atoms with Gasteiger partial charge in [0.15, 0.2) is 0 Å². The van der Waals surface area contributed by atoms with Gasteiger partial charge in [-0.2, -0.15) is 0 Å². The Kier molecular flexibility index (Phi) is 4.77. The van der Waals surface area contributed by atoms with Crippen LogP contribution >= 0.6 is 23.2 Å². The maximum atomic E-state index is 11.3. The highest BCUT2D eigenvalue weighted by molar-refractivity contribution is 6.72.